The molecule has 4 atom stereocenters. The Bertz CT molecular complexity index is 106. The first-order valence-corrected chi connectivity index (χ1v) is 3.70. The minimum Gasteiger partial charge on any atom is -0.389 e. The maximum atomic E-state index is 9.31. The van der Waals surface area contributed by atoms with Gasteiger partial charge in [-0.2, -0.15) is 0 Å². The summed E-state index contributed by atoms with van der Waals surface area (Å²) in [7, 11) is 0. The zero-order valence-electron chi connectivity index (χ0n) is 6.45. The molecule has 60 valence electrons. The molecular formula is C7H15NO2. The predicted octanol–water partition coefficient (Wildman–Crippen LogP) is -0.128. The van der Waals surface area contributed by atoms with Gasteiger partial charge in [0.25, 0.3) is 0 Å². The Labute approximate surface area is 61.2 Å². The Morgan fingerprint density at radius 1 is 1.50 bits per heavy atom. The highest BCUT2D eigenvalue weighted by Gasteiger charge is 2.30. The highest BCUT2D eigenvalue weighted by atomic mass is 16.5. The van der Waals surface area contributed by atoms with E-state index in [0.29, 0.717) is 0 Å². The number of hydrogen-bond donors (Lipinski definition) is 2. The van der Waals surface area contributed by atoms with Crippen molar-refractivity contribution < 1.29 is 9.84 Å². The van der Waals surface area contributed by atoms with Gasteiger partial charge < -0.3 is 15.6 Å². The van der Waals surface area contributed by atoms with Crippen LogP contribution < -0.4 is 5.73 Å². The summed E-state index contributed by atoms with van der Waals surface area (Å²) in [6.07, 6.45) is 0.342. The number of aliphatic hydroxyl groups is 1. The minimum atomic E-state index is -0.490. The van der Waals surface area contributed by atoms with Crippen LogP contribution >= 0.6 is 0 Å². The molecule has 0 aromatic heterocycles. The van der Waals surface area contributed by atoms with Crippen LogP contribution in [0.25, 0.3) is 0 Å². The topological polar surface area (TPSA) is 55.5 Å². The van der Waals surface area contributed by atoms with Crippen LogP contribution in [0, 0.1) is 0 Å². The molecule has 0 aromatic carbocycles. The van der Waals surface area contributed by atoms with Gasteiger partial charge in [0, 0.05) is 6.04 Å². The summed E-state index contributed by atoms with van der Waals surface area (Å²) >= 11 is 0. The van der Waals surface area contributed by atoms with Gasteiger partial charge >= 0.3 is 0 Å². The van der Waals surface area contributed by atoms with Gasteiger partial charge in [-0.15, -0.1) is 0 Å². The second kappa shape index (κ2) is 2.86. The van der Waals surface area contributed by atoms with Crippen molar-refractivity contribution in [1.29, 1.82) is 0 Å². The van der Waals surface area contributed by atoms with Crippen molar-refractivity contribution in [3.63, 3.8) is 0 Å². The van der Waals surface area contributed by atoms with Gasteiger partial charge in [-0.3, -0.25) is 0 Å². The molecule has 3 nitrogen and oxygen atoms in total. The van der Waals surface area contributed by atoms with Crippen molar-refractivity contribution in [2.24, 2.45) is 5.73 Å². The van der Waals surface area contributed by atoms with Gasteiger partial charge in [-0.1, -0.05) is 0 Å². The summed E-state index contributed by atoms with van der Waals surface area (Å²) < 4.78 is 5.34. The van der Waals surface area contributed by atoms with Gasteiger partial charge in [0.05, 0.1) is 18.3 Å². The lowest BCUT2D eigenvalue weighted by atomic mass is 9.98. The molecule has 0 amide bonds. The highest BCUT2D eigenvalue weighted by molar-refractivity contribution is 4.84. The first-order valence-electron chi connectivity index (χ1n) is 3.70. The lowest BCUT2D eigenvalue weighted by Crippen LogP contribution is -2.50. The Balaban J connectivity index is 2.49. The Kier molecular flexibility index (Phi) is 2.28. The lowest BCUT2D eigenvalue weighted by Gasteiger charge is -2.34. The third kappa shape index (κ3) is 1.48. The van der Waals surface area contributed by atoms with Crippen molar-refractivity contribution in [3.05, 3.63) is 0 Å². The fourth-order valence-corrected chi connectivity index (χ4v) is 1.37. The van der Waals surface area contributed by atoms with Crippen molar-refractivity contribution in [2.45, 2.75) is 44.6 Å². The minimum absolute atomic E-state index is 0.112. The third-order valence-corrected chi connectivity index (χ3v) is 1.97. The van der Waals surface area contributed by atoms with Gasteiger partial charge in [0.15, 0.2) is 0 Å². The summed E-state index contributed by atoms with van der Waals surface area (Å²) in [6, 6.07) is -0.112. The van der Waals surface area contributed by atoms with Crippen molar-refractivity contribution >= 4 is 0 Å². The molecule has 0 spiro atoms. The second-order valence-corrected chi connectivity index (χ2v) is 3.04. The molecule has 10 heavy (non-hydrogen) atoms. The number of rotatable bonds is 0. The van der Waals surface area contributed by atoms with E-state index in [0.717, 1.165) is 6.42 Å². The molecule has 2 unspecified atom stereocenters. The van der Waals surface area contributed by atoms with E-state index < -0.39 is 6.10 Å². The van der Waals surface area contributed by atoms with Crippen LogP contribution in [0.2, 0.25) is 0 Å². The van der Waals surface area contributed by atoms with Crippen LogP contribution in [-0.2, 0) is 4.74 Å². The maximum Gasteiger partial charge on any atom is 0.0950 e. The quantitative estimate of drug-likeness (QED) is 0.499. The molecule has 3 heteroatoms. The molecule has 0 saturated carbocycles. The molecule has 1 saturated heterocycles. The standard InChI is InChI=1S/C7H15NO2/c1-4-3-6(8)7(9)5(2)10-4/h4-7,9H,3,8H2,1-2H3/t4-,5?,6?,7-/m0/s1. The molecule has 1 fully saturated rings. The number of hydrogen-bond acceptors (Lipinski definition) is 3. The van der Waals surface area contributed by atoms with E-state index in [1.54, 1.807) is 0 Å². The summed E-state index contributed by atoms with van der Waals surface area (Å²) in [5, 5.41) is 9.31. The summed E-state index contributed by atoms with van der Waals surface area (Å²) in [6.45, 7) is 3.82. The molecule has 3 N–H and O–H groups in total. The van der Waals surface area contributed by atoms with Crippen LogP contribution in [-0.4, -0.2) is 29.5 Å². The molecule has 0 aromatic rings. The Hall–Kier alpha value is -0.120. The SMILES string of the molecule is CC1O[C@@H](C)CC(N)[C@H]1O. The Morgan fingerprint density at radius 2 is 2.10 bits per heavy atom. The highest BCUT2D eigenvalue weighted by Crippen LogP contribution is 2.17. The smallest absolute Gasteiger partial charge is 0.0950 e. The summed E-state index contributed by atoms with van der Waals surface area (Å²) in [5.74, 6) is 0. The van der Waals surface area contributed by atoms with Gasteiger partial charge in [0.1, 0.15) is 0 Å². The average Bonchev–Trinajstić information content (AvgIpc) is 1.82. The van der Waals surface area contributed by atoms with E-state index in [9.17, 15) is 5.11 Å². The molecule has 0 aliphatic carbocycles. The van der Waals surface area contributed by atoms with E-state index >= 15 is 0 Å². The predicted molar refractivity (Wildman–Crippen MR) is 38.6 cm³/mol. The monoisotopic (exact) mass is 145 g/mol. The summed E-state index contributed by atoms with van der Waals surface area (Å²) in [4.78, 5) is 0. The number of ether oxygens (including phenoxy) is 1. The van der Waals surface area contributed by atoms with Crippen LogP contribution in [0.5, 0.6) is 0 Å². The van der Waals surface area contributed by atoms with E-state index in [2.05, 4.69) is 0 Å². The normalized spacial score (nSPS) is 49.2. The third-order valence-electron chi connectivity index (χ3n) is 1.97. The molecule has 1 aliphatic rings. The van der Waals surface area contributed by atoms with Crippen molar-refractivity contribution in [2.75, 3.05) is 0 Å². The lowest BCUT2D eigenvalue weighted by molar-refractivity contribution is -0.110. The number of aliphatic hydroxyl groups excluding tert-OH is 1. The van der Waals surface area contributed by atoms with E-state index in [1.807, 2.05) is 13.8 Å². The molecular weight excluding hydrogens is 130 g/mol. The average molecular weight is 145 g/mol. The fraction of sp³-hybridized carbons (Fsp3) is 1.00. The van der Waals surface area contributed by atoms with Crippen LogP contribution in [0.15, 0.2) is 0 Å². The van der Waals surface area contributed by atoms with Crippen LogP contribution in [0.4, 0.5) is 0 Å². The molecule has 1 heterocycles. The van der Waals surface area contributed by atoms with Gasteiger partial charge in [-0.05, 0) is 20.3 Å². The Morgan fingerprint density at radius 3 is 2.60 bits per heavy atom. The molecule has 0 radical (unpaired) electrons. The molecule has 1 aliphatic heterocycles. The van der Waals surface area contributed by atoms with E-state index in [1.165, 1.54) is 0 Å². The fourth-order valence-electron chi connectivity index (χ4n) is 1.37. The van der Waals surface area contributed by atoms with Crippen LogP contribution in [0.1, 0.15) is 20.3 Å². The number of nitrogens with two attached hydrogens (primary N) is 1. The van der Waals surface area contributed by atoms with Crippen molar-refractivity contribution in [1.82, 2.24) is 0 Å². The summed E-state index contributed by atoms with van der Waals surface area (Å²) in [5.41, 5.74) is 5.63. The second-order valence-electron chi connectivity index (χ2n) is 3.04. The van der Waals surface area contributed by atoms with Crippen LogP contribution in [0.3, 0.4) is 0 Å². The molecule has 0 bridgehead atoms. The van der Waals surface area contributed by atoms with Gasteiger partial charge in [-0.25, -0.2) is 0 Å². The molecule has 1 rings (SSSR count). The first-order chi connectivity index (χ1) is 4.61. The largest absolute Gasteiger partial charge is 0.389 e. The van der Waals surface area contributed by atoms with E-state index in [4.69, 9.17) is 10.5 Å². The maximum absolute atomic E-state index is 9.31. The first kappa shape index (κ1) is 7.98. The zero-order chi connectivity index (χ0) is 7.72. The van der Waals surface area contributed by atoms with Crippen molar-refractivity contribution in [3.8, 4) is 0 Å². The van der Waals surface area contributed by atoms with E-state index in [-0.39, 0.29) is 18.2 Å². The zero-order valence-corrected chi connectivity index (χ0v) is 6.45. The van der Waals surface area contributed by atoms with Gasteiger partial charge in [0.2, 0.25) is 0 Å².